The number of fused-ring (bicyclic) bond motifs is 2. The van der Waals surface area contributed by atoms with Gasteiger partial charge >= 0.3 is 5.97 Å². The number of carbonyl (C=O) groups is 2. The largest absolute Gasteiger partial charge is 0.462 e. The lowest BCUT2D eigenvalue weighted by Crippen LogP contribution is -2.24. The van der Waals surface area contributed by atoms with Crippen molar-refractivity contribution < 1.29 is 19.1 Å². The summed E-state index contributed by atoms with van der Waals surface area (Å²) in [5.41, 5.74) is 3.70. The van der Waals surface area contributed by atoms with Gasteiger partial charge in [-0.2, -0.15) is 0 Å². The predicted octanol–water partition coefficient (Wildman–Crippen LogP) is 7.76. The number of carbonyl (C=O) groups excluding carboxylic acids is 2. The first kappa shape index (κ1) is 32.2. The van der Waals surface area contributed by atoms with E-state index in [-0.39, 0.29) is 18.1 Å². The Labute approximate surface area is 279 Å². The number of anilines is 1. The molecule has 0 aliphatic heterocycles. The first-order valence-electron chi connectivity index (χ1n) is 15.9. The highest BCUT2D eigenvalue weighted by atomic mass is 16.5. The number of rotatable bonds is 11. The Bertz CT molecular complexity index is 2150. The number of hydrogen-bond acceptors (Lipinski definition) is 6. The highest BCUT2D eigenvalue weighted by molar-refractivity contribution is 5.96. The van der Waals surface area contributed by atoms with Crippen LogP contribution in [0, 0.1) is 0 Å². The van der Waals surface area contributed by atoms with Crippen LogP contribution >= 0.6 is 0 Å². The maximum absolute atomic E-state index is 14.3. The minimum atomic E-state index is -0.667. The van der Waals surface area contributed by atoms with E-state index in [1.165, 1.54) is 6.92 Å². The second kappa shape index (κ2) is 14.4. The smallest absolute Gasteiger partial charge is 0.343 e. The number of pyridine rings is 1. The lowest BCUT2D eigenvalue weighted by atomic mass is 10.0. The lowest BCUT2D eigenvalue weighted by molar-refractivity contribution is -0.114. The topological polar surface area (TPSA) is 89.9 Å². The number of benzene rings is 5. The molecule has 8 heteroatoms. The Hall–Kier alpha value is -5.73. The Morgan fingerprint density at radius 1 is 0.833 bits per heavy atom. The molecule has 0 spiro atoms. The van der Waals surface area contributed by atoms with Crippen molar-refractivity contribution in [2.45, 2.75) is 33.5 Å². The third-order valence-electron chi connectivity index (χ3n) is 8.16. The first-order chi connectivity index (χ1) is 23.3. The Morgan fingerprint density at radius 2 is 1.56 bits per heavy atom. The summed E-state index contributed by atoms with van der Waals surface area (Å²) in [5.74, 6) is 0.191. The first-order valence-corrected chi connectivity index (χ1v) is 15.9. The molecular weight excluding hydrogens is 602 g/mol. The van der Waals surface area contributed by atoms with Crippen LogP contribution in [-0.4, -0.2) is 35.0 Å². The minimum Gasteiger partial charge on any atom is -0.462 e. The third kappa shape index (κ3) is 7.14. The summed E-state index contributed by atoms with van der Waals surface area (Å²) < 4.78 is 13.8. The molecule has 5 aromatic carbocycles. The normalized spacial score (nSPS) is 11.2. The van der Waals surface area contributed by atoms with E-state index in [2.05, 4.69) is 46.6 Å². The molecule has 6 aromatic rings. The van der Waals surface area contributed by atoms with E-state index in [1.807, 2.05) is 60.1 Å². The zero-order valence-corrected chi connectivity index (χ0v) is 27.2. The summed E-state index contributed by atoms with van der Waals surface area (Å²) in [6.07, 6.45) is 1.61. The van der Waals surface area contributed by atoms with Gasteiger partial charge in [0.2, 0.25) is 11.3 Å². The number of ether oxygens (including phenoxy) is 2. The summed E-state index contributed by atoms with van der Waals surface area (Å²) in [7, 11) is 1.99. The maximum atomic E-state index is 14.3. The summed E-state index contributed by atoms with van der Waals surface area (Å²) in [6, 6.07) is 35.2. The molecule has 0 saturated carbocycles. The lowest BCUT2D eigenvalue weighted by Gasteiger charge is -2.22. The van der Waals surface area contributed by atoms with E-state index in [1.54, 1.807) is 37.4 Å². The van der Waals surface area contributed by atoms with E-state index in [9.17, 15) is 14.4 Å². The van der Waals surface area contributed by atoms with Crippen LogP contribution in [0.2, 0.25) is 0 Å². The number of nitrogens with one attached hydrogen (secondary N) is 1. The molecular formula is C40H37N3O5. The molecule has 0 unspecified atom stereocenters. The van der Waals surface area contributed by atoms with Gasteiger partial charge in [0.25, 0.3) is 0 Å². The minimum absolute atomic E-state index is 0.0339. The Kier molecular flexibility index (Phi) is 9.64. The molecule has 0 bridgehead atoms. The number of hydrogen-bond donors (Lipinski definition) is 1. The number of nitrogens with zero attached hydrogens (tertiary/aromatic N) is 2. The fraction of sp³-hybridized carbons (Fsp3) is 0.175. The van der Waals surface area contributed by atoms with Crippen molar-refractivity contribution in [2.24, 2.45) is 0 Å². The number of aromatic nitrogens is 1. The van der Waals surface area contributed by atoms with Crippen molar-refractivity contribution in [2.75, 3.05) is 19.0 Å². The van der Waals surface area contributed by atoms with Crippen molar-refractivity contribution in [3.63, 3.8) is 0 Å². The van der Waals surface area contributed by atoms with Crippen molar-refractivity contribution in [1.82, 2.24) is 9.47 Å². The van der Waals surface area contributed by atoms with Crippen LogP contribution in [0.3, 0.4) is 0 Å². The van der Waals surface area contributed by atoms with Gasteiger partial charge in [-0.3, -0.25) is 14.5 Å². The molecule has 0 fully saturated rings. The van der Waals surface area contributed by atoms with Crippen molar-refractivity contribution in [1.29, 1.82) is 0 Å². The molecule has 0 aliphatic carbocycles. The van der Waals surface area contributed by atoms with Crippen LogP contribution in [-0.2, 0) is 29.2 Å². The summed E-state index contributed by atoms with van der Waals surface area (Å²) >= 11 is 0. The van der Waals surface area contributed by atoms with Crippen LogP contribution in [0.1, 0.15) is 40.9 Å². The van der Waals surface area contributed by atoms with Gasteiger partial charge in [-0.1, -0.05) is 72.8 Å². The second-order valence-electron chi connectivity index (χ2n) is 11.8. The van der Waals surface area contributed by atoms with Crippen LogP contribution in [0.5, 0.6) is 11.5 Å². The average Bonchev–Trinajstić information content (AvgIpc) is 3.08. The molecule has 1 aromatic heterocycles. The zero-order chi connectivity index (χ0) is 33.6. The predicted molar refractivity (Wildman–Crippen MR) is 190 cm³/mol. The average molecular weight is 640 g/mol. The molecule has 0 radical (unpaired) electrons. The molecule has 1 heterocycles. The quantitative estimate of drug-likeness (QED) is 0.146. The molecule has 0 aliphatic rings. The van der Waals surface area contributed by atoms with E-state index in [4.69, 9.17) is 9.47 Å². The van der Waals surface area contributed by atoms with Gasteiger partial charge in [0.05, 0.1) is 17.5 Å². The molecule has 8 nitrogen and oxygen atoms in total. The van der Waals surface area contributed by atoms with Crippen molar-refractivity contribution >= 4 is 39.2 Å². The van der Waals surface area contributed by atoms with Gasteiger partial charge in [-0.25, -0.2) is 4.79 Å². The molecule has 6 rings (SSSR count). The van der Waals surface area contributed by atoms with E-state index in [0.717, 1.165) is 21.9 Å². The van der Waals surface area contributed by atoms with Gasteiger partial charge in [0, 0.05) is 44.0 Å². The number of amides is 1. The summed E-state index contributed by atoms with van der Waals surface area (Å²) in [4.78, 5) is 41.3. The molecule has 0 atom stereocenters. The van der Waals surface area contributed by atoms with E-state index < -0.39 is 11.4 Å². The van der Waals surface area contributed by atoms with Gasteiger partial charge in [0.1, 0.15) is 17.1 Å². The zero-order valence-electron chi connectivity index (χ0n) is 27.2. The molecule has 242 valence electrons. The van der Waals surface area contributed by atoms with Crippen LogP contribution in [0.15, 0.2) is 120 Å². The third-order valence-corrected chi connectivity index (χ3v) is 8.16. The van der Waals surface area contributed by atoms with Gasteiger partial charge in [-0.15, -0.1) is 0 Å². The Balaban J connectivity index is 1.52. The SMILES string of the molecule is CCOC(=O)c1cn(Cc2cccc3ccccc23)c2ccc(Oc3ccc(NC(C)=O)cc3)c(CN(C)Cc3ccccc3)c2c1=O. The van der Waals surface area contributed by atoms with E-state index >= 15 is 0 Å². The summed E-state index contributed by atoms with van der Waals surface area (Å²) in [6.45, 7) is 4.74. The van der Waals surface area contributed by atoms with Crippen LogP contribution in [0.4, 0.5) is 5.69 Å². The standard InChI is InChI=1S/C40H37N3O5/c1-4-47-40(46)35-26-43(24-30-15-10-14-29-13-8-9-16-33(29)30)36-21-22-37(48-32-19-17-31(18-20-32)41-27(2)44)34(38(36)39(35)45)25-42(3)23-28-11-6-5-7-12-28/h5-22,26H,4,23-25H2,1-3H3,(H,41,44). The van der Waals surface area contributed by atoms with Crippen LogP contribution < -0.4 is 15.5 Å². The Morgan fingerprint density at radius 3 is 2.31 bits per heavy atom. The maximum Gasteiger partial charge on any atom is 0.343 e. The van der Waals surface area contributed by atoms with Crippen molar-refractivity contribution in [3.05, 3.63) is 148 Å². The fourth-order valence-electron chi connectivity index (χ4n) is 6.04. The van der Waals surface area contributed by atoms with Gasteiger partial charge in [0.15, 0.2) is 0 Å². The van der Waals surface area contributed by atoms with E-state index in [0.29, 0.717) is 53.3 Å². The summed E-state index contributed by atoms with van der Waals surface area (Å²) in [5, 5.41) is 5.36. The second-order valence-corrected chi connectivity index (χ2v) is 11.8. The fourth-order valence-corrected chi connectivity index (χ4v) is 6.04. The van der Waals surface area contributed by atoms with Gasteiger partial charge < -0.3 is 19.4 Å². The number of esters is 1. The van der Waals surface area contributed by atoms with Gasteiger partial charge in [-0.05, 0) is 72.3 Å². The molecule has 1 N–H and O–H groups in total. The highest BCUT2D eigenvalue weighted by Gasteiger charge is 2.23. The molecule has 0 saturated heterocycles. The monoisotopic (exact) mass is 639 g/mol. The highest BCUT2D eigenvalue weighted by Crippen LogP contribution is 2.33. The van der Waals surface area contributed by atoms with Crippen LogP contribution in [0.25, 0.3) is 21.7 Å². The van der Waals surface area contributed by atoms with Crippen molar-refractivity contribution in [3.8, 4) is 11.5 Å². The molecule has 1 amide bonds. The molecule has 48 heavy (non-hydrogen) atoms.